The molecule has 4 heteroatoms. The smallest absolute Gasteiger partial charge is 0.186 e. The average Bonchev–Trinajstić information content (AvgIpc) is 2.12. The normalized spacial score (nSPS) is 15.1. The predicted octanol–water partition coefficient (Wildman–Crippen LogP) is 3.64. The first-order chi connectivity index (χ1) is 6.18. The summed E-state index contributed by atoms with van der Waals surface area (Å²) in [6, 6.07) is 3.68. The molecular formula is C9H7BrClNO. The lowest BCUT2D eigenvalue weighted by atomic mass is 10.1. The summed E-state index contributed by atoms with van der Waals surface area (Å²) >= 11 is 9.41. The third-order valence-corrected chi connectivity index (χ3v) is 3.34. The van der Waals surface area contributed by atoms with E-state index in [9.17, 15) is 5.11 Å². The van der Waals surface area contributed by atoms with E-state index in [1.165, 1.54) is 0 Å². The number of hydrogen-bond donors (Lipinski definition) is 1. The highest BCUT2D eigenvalue weighted by molar-refractivity contribution is 9.10. The van der Waals surface area contributed by atoms with Gasteiger partial charge in [-0.15, -0.1) is 0 Å². The topological polar surface area (TPSA) is 32.6 Å². The minimum Gasteiger partial charge on any atom is -0.496 e. The second-order valence-electron chi connectivity index (χ2n) is 2.89. The Kier molecular flexibility index (Phi) is 2.30. The van der Waals surface area contributed by atoms with Crippen molar-refractivity contribution in [1.29, 1.82) is 0 Å². The third-order valence-electron chi connectivity index (χ3n) is 2.02. The fourth-order valence-corrected chi connectivity index (χ4v) is 1.98. The number of aliphatic hydroxyl groups is 1. The molecular weight excluding hydrogens is 253 g/mol. The van der Waals surface area contributed by atoms with Gasteiger partial charge in [0.05, 0.1) is 10.7 Å². The van der Waals surface area contributed by atoms with Gasteiger partial charge < -0.3 is 5.11 Å². The van der Waals surface area contributed by atoms with Crippen molar-refractivity contribution < 1.29 is 5.11 Å². The molecule has 1 aromatic carbocycles. The summed E-state index contributed by atoms with van der Waals surface area (Å²) in [5, 5.41) is 9.91. The Morgan fingerprint density at radius 2 is 2.15 bits per heavy atom. The molecule has 0 fully saturated rings. The number of aliphatic imine (C=N–C) groups is 1. The summed E-state index contributed by atoms with van der Waals surface area (Å²) in [6.07, 6.45) is 1.33. The molecule has 0 bridgehead atoms. The maximum absolute atomic E-state index is 9.21. The van der Waals surface area contributed by atoms with Crippen molar-refractivity contribution in [3.05, 3.63) is 27.2 Å². The first-order valence-corrected chi connectivity index (χ1v) is 5.09. The average molecular weight is 261 g/mol. The van der Waals surface area contributed by atoms with Gasteiger partial charge in [-0.1, -0.05) is 11.6 Å². The van der Waals surface area contributed by atoms with Gasteiger partial charge in [-0.05, 0) is 40.0 Å². The van der Waals surface area contributed by atoms with Gasteiger partial charge in [0.25, 0.3) is 0 Å². The molecule has 2 nitrogen and oxygen atoms in total. The molecule has 0 aliphatic carbocycles. The molecule has 0 saturated carbocycles. The highest BCUT2D eigenvalue weighted by Crippen LogP contribution is 2.36. The van der Waals surface area contributed by atoms with Crippen LogP contribution < -0.4 is 0 Å². The summed E-state index contributed by atoms with van der Waals surface area (Å²) in [7, 11) is 0. The Morgan fingerprint density at radius 1 is 1.38 bits per heavy atom. The van der Waals surface area contributed by atoms with E-state index >= 15 is 0 Å². The van der Waals surface area contributed by atoms with E-state index in [1.807, 2.05) is 12.1 Å². The Balaban J connectivity index is 2.61. The van der Waals surface area contributed by atoms with Crippen molar-refractivity contribution in [1.82, 2.24) is 0 Å². The zero-order valence-electron chi connectivity index (χ0n) is 6.72. The second kappa shape index (κ2) is 3.31. The van der Waals surface area contributed by atoms with Crippen LogP contribution >= 0.6 is 27.5 Å². The minimum atomic E-state index is 0.186. The second-order valence-corrected chi connectivity index (χ2v) is 4.12. The molecule has 1 aromatic rings. The van der Waals surface area contributed by atoms with Gasteiger partial charge in [-0.2, -0.15) is 0 Å². The van der Waals surface area contributed by atoms with Crippen molar-refractivity contribution >= 4 is 39.1 Å². The maximum atomic E-state index is 9.21. The molecule has 0 amide bonds. The van der Waals surface area contributed by atoms with Gasteiger partial charge >= 0.3 is 0 Å². The van der Waals surface area contributed by atoms with Crippen LogP contribution in [-0.4, -0.2) is 11.0 Å². The highest BCUT2D eigenvalue weighted by Gasteiger charge is 2.15. The molecule has 0 spiro atoms. The van der Waals surface area contributed by atoms with E-state index < -0.39 is 0 Å². The molecule has 0 radical (unpaired) electrons. The molecule has 0 atom stereocenters. The van der Waals surface area contributed by atoms with Crippen LogP contribution in [0.4, 0.5) is 5.69 Å². The lowest BCUT2D eigenvalue weighted by molar-refractivity contribution is 0.527. The van der Waals surface area contributed by atoms with E-state index in [1.54, 1.807) is 0 Å². The lowest BCUT2D eigenvalue weighted by Gasteiger charge is -2.13. The number of rotatable bonds is 0. The van der Waals surface area contributed by atoms with Crippen molar-refractivity contribution in [2.45, 2.75) is 12.8 Å². The van der Waals surface area contributed by atoms with Crippen LogP contribution in [0.2, 0.25) is 5.02 Å². The molecule has 1 heterocycles. The van der Waals surface area contributed by atoms with E-state index in [4.69, 9.17) is 11.6 Å². The molecule has 1 aliphatic rings. The number of fused-ring (bicyclic) bond motifs is 1. The van der Waals surface area contributed by atoms with Crippen LogP contribution in [0.5, 0.6) is 0 Å². The molecule has 2 rings (SSSR count). The highest BCUT2D eigenvalue weighted by atomic mass is 79.9. The summed E-state index contributed by atoms with van der Waals surface area (Å²) < 4.78 is 0.879. The lowest BCUT2D eigenvalue weighted by Crippen LogP contribution is -2.04. The number of nitrogens with zero attached hydrogens (tertiary/aromatic N) is 1. The van der Waals surface area contributed by atoms with Gasteiger partial charge in [-0.3, -0.25) is 0 Å². The summed E-state index contributed by atoms with van der Waals surface area (Å²) in [6.45, 7) is 0. The standard InChI is InChI=1S/C9H7BrClNO/c10-6-2-3-7-5(9(6)11)1-4-8(13)12-7/h2-3H,1,4H2,(H,12,13). The van der Waals surface area contributed by atoms with Crippen molar-refractivity contribution in [2.24, 2.45) is 4.99 Å². The van der Waals surface area contributed by atoms with Crippen LogP contribution in [-0.2, 0) is 6.42 Å². The largest absolute Gasteiger partial charge is 0.496 e. The monoisotopic (exact) mass is 259 g/mol. The summed E-state index contributed by atoms with van der Waals surface area (Å²) in [5.74, 6) is 0.186. The summed E-state index contributed by atoms with van der Waals surface area (Å²) in [5.41, 5.74) is 1.78. The minimum absolute atomic E-state index is 0.186. The fourth-order valence-electron chi connectivity index (χ4n) is 1.36. The molecule has 0 unspecified atom stereocenters. The third kappa shape index (κ3) is 1.58. The Morgan fingerprint density at radius 3 is 2.92 bits per heavy atom. The molecule has 68 valence electrons. The molecule has 0 aromatic heterocycles. The first kappa shape index (κ1) is 9.03. The van der Waals surface area contributed by atoms with Crippen molar-refractivity contribution in [3.8, 4) is 0 Å². The van der Waals surface area contributed by atoms with Crippen molar-refractivity contribution in [2.75, 3.05) is 0 Å². The van der Waals surface area contributed by atoms with Crippen LogP contribution in [0.1, 0.15) is 12.0 Å². The van der Waals surface area contributed by atoms with Gasteiger partial charge in [0, 0.05) is 10.9 Å². The van der Waals surface area contributed by atoms with E-state index in [2.05, 4.69) is 20.9 Å². The Hall–Kier alpha value is -0.540. The van der Waals surface area contributed by atoms with Gasteiger partial charge in [0.2, 0.25) is 0 Å². The van der Waals surface area contributed by atoms with Crippen LogP contribution in [0, 0.1) is 0 Å². The van der Waals surface area contributed by atoms with Crippen LogP contribution in [0.15, 0.2) is 21.6 Å². The van der Waals surface area contributed by atoms with Crippen LogP contribution in [0.3, 0.4) is 0 Å². The number of benzene rings is 1. The first-order valence-electron chi connectivity index (χ1n) is 3.92. The zero-order valence-corrected chi connectivity index (χ0v) is 9.06. The van der Waals surface area contributed by atoms with Gasteiger partial charge in [0.15, 0.2) is 5.90 Å². The Bertz CT molecular complexity index is 389. The van der Waals surface area contributed by atoms with E-state index in [-0.39, 0.29) is 5.90 Å². The molecule has 1 aliphatic heterocycles. The maximum Gasteiger partial charge on any atom is 0.186 e. The van der Waals surface area contributed by atoms with Crippen molar-refractivity contribution in [3.63, 3.8) is 0 Å². The fraction of sp³-hybridized carbons (Fsp3) is 0.222. The Labute approximate surface area is 89.4 Å². The van der Waals surface area contributed by atoms with E-state index in [0.717, 1.165) is 22.1 Å². The molecule has 0 saturated heterocycles. The van der Waals surface area contributed by atoms with Gasteiger partial charge in [0.1, 0.15) is 0 Å². The predicted molar refractivity (Wildman–Crippen MR) is 57.2 cm³/mol. The van der Waals surface area contributed by atoms with E-state index in [0.29, 0.717) is 11.4 Å². The quantitative estimate of drug-likeness (QED) is 0.759. The van der Waals surface area contributed by atoms with Gasteiger partial charge in [-0.25, -0.2) is 4.99 Å². The number of halogens is 2. The number of aliphatic hydroxyl groups excluding tert-OH is 1. The van der Waals surface area contributed by atoms with Crippen LogP contribution in [0.25, 0.3) is 0 Å². The SMILES string of the molecule is OC1=Nc2ccc(Br)c(Cl)c2CC1. The zero-order chi connectivity index (χ0) is 9.42. The molecule has 1 N–H and O–H groups in total. The summed E-state index contributed by atoms with van der Waals surface area (Å²) in [4.78, 5) is 4.01. The number of hydrogen-bond acceptors (Lipinski definition) is 1. The molecule has 13 heavy (non-hydrogen) atoms.